The largest absolute Gasteiger partial charge is 0.335 e. The first-order valence-electron chi connectivity index (χ1n) is 6.46. The van der Waals surface area contributed by atoms with Crippen molar-refractivity contribution in [3.63, 3.8) is 0 Å². The zero-order valence-electron chi connectivity index (χ0n) is 11.0. The Morgan fingerprint density at radius 2 is 2.06 bits per heavy atom. The number of ketones is 1. The first kappa shape index (κ1) is 12.8. The Balaban J connectivity index is 2.09. The number of benzene rings is 1. The highest BCUT2D eigenvalue weighted by Crippen LogP contribution is 2.15. The molecule has 0 aromatic heterocycles. The third-order valence-electron chi connectivity index (χ3n) is 3.44. The van der Waals surface area contributed by atoms with Gasteiger partial charge < -0.3 is 4.90 Å². The molecule has 3 heteroatoms. The highest BCUT2D eigenvalue weighted by Gasteiger charge is 2.21. The number of amides is 1. The lowest BCUT2D eigenvalue weighted by atomic mass is 10.0. The molecule has 0 spiro atoms. The highest BCUT2D eigenvalue weighted by molar-refractivity contribution is 6.00. The van der Waals surface area contributed by atoms with Crippen LogP contribution in [0.2, 0.25) is 0 Å². The van der Waals surface area contributed by atoms with Crippen molar-refractivity contribution in [1.82, 2.24) is 4.90 Å². The Kier molecular flexibility index (Phi) is 3.80. The molecule has 0 atom stereocenters. The average molecular weight is 245 g/mol. The minimum atomic E-state index is 0.0442. The monoisotopic (exact) mass is 245 g/mol. The van der Waals surface area contributed by atoms with Gasteiger partial charge in [0.2, 0.25) is 5.91 Å². The van der Waals surface area contributed by atoms with Gasteiger partial charge in [-0.3, -0.25) is 9.59 Å². The summed E-state index contributed by atoms with van der Waals surface area (Å²) in [6, 6.07) is 5.81. The predicted molar refractivity (Wildman–Crippen MR) is 70.7 cm³/mol. The molecule has 1 fully saturated rings. The number of rotatable bonds is 3. The van der Waals surface area contributed by atoms with Crippen LogP contribution in [0, 0.1) is 13.8 Å². The van der Waals surface area contributed by atoms with Gasteiger partial charge in [0, 0.05) is 18.5 Å². The summed E-state index contributed by atoms with van der Waals surface area (Å²) in [6.45, 7) is 4.89. The minimum absolute atomic E-state index is 0.0442. The molecule has 1 aromatic rings. The van der Waals surface area contributed by atoms with E-state index in [9.17, 15) is 9.59 Å². The molecule has 0 N–H and O–H groups in total. The summed E-state index contributed by atoms with van der Waals surface area (Å²) < 4.78 is 0. The van der Waals surface area contributed by atoms with E-state index in [1.807, 2.05) is 32.0 Å². The topological polar surface area (TPSA) is 37.4 Å². The normalized spacial score (nSPS) is 15.9. The third kappa shape index (κ3) is 2.78. The molecule has 1 heterocycles. The van der Waals surface area contributed by atoms with Gasteiger partial charge in [0.15, 0.2) is 5.78 Å². The summed E-state index contributed by atoms with van der Waals surface area (Å²) in [5, 5.41) is 0. The summed E-state index contributed by atoms with van der Waals surface area (Å²) in [4.78, 5) is 25.6. The van der Waals surface area contributed by atoms with Gasteiger partial charge in [-0.1, -0.05) is 23.8 Å². The summed E-state index contributed by atoms with van der Waals surface area (Å²) in [7, 11) is 0. The van der Waals surface area contributed by atoms with Gasteiger partial charge >= 0.3 is 0 Å². The lowest BCUT2D eigenvalue weighted by molar-refractivity contribution is -0.132. The van der Waals surface area contributed by atoms with Crippen molar-refractivity contribution in [1.29, 1.82) is 0 Å². The van der Waals surface area contributed by atoms with Gasteiger partial charge in [0.25, 0.3) is 0 Å². The molecule has 3 nitrogen and oxygen atoms in total. The standard InChI is InChI=1S/C15H19NO2/c1-11-6-7-13(12(2)9-11)14(17)10-16-8-4-3-5-15(16)18/h6-7,9H,3-5,8,10H2,1-2H3. The Morgan fingerprint density at radius 3 is 2.72 bits per heavy atom. The number of piperidine rings is 1. The second-order valence-electron chi connectivity index (χ2n) is 5.01. The van der Waals surface area contributed by atoms with E-state index >= 15 is 0 Å². The molecule has 1 aliphatic rings. The van der Waals surface area contributed by atoms with Crippen molar-refractivity contribution < 1.29 is 9.59 Å². The van der Waals surface area contributed by atoms with Crippen LogP contribution < -0.4 is 0 Å². The molecule has 0 radical (unpaired) electrons. The van der Waals surface area contributed by atoms with Crippen molar-refractivity contribution >= 4 is 11.7 Å². The maximum absolute atomic E-state index is 12.2. The van der Waals surface area contributed by atoms with Crippen LogP contribution in [0.5, 0.6) is 0 Å². The van der Waals surface area contributed by atoms with E-state index in [1.54, 1.807) is 4.90 Å². The lowest BCUT2D eigenvalue weighted by Crippen LogP contribution is -2.39. The molecule has 1 aromatic carbocycles. The van der Waals surface area contributed by atoms with Crippen LogP contribution in [-0.4, -0.2) is 29.7 Å². The summed E-state index contributed by atoms with van der Waals surface area (Å²) in [6.07, 6.45) is 2.54. The fraction of sp³-hybridized carbons (Fsp3) is 0.467. The van der Waals surface area contributed by atoms with Crippen molar-refractivity contribution in [2.75, 3.05) is 13.1 Å². The van der Waals surface area contributed by atoms with Crippen LogP contribution >= 0.6 is 0 Å². The van der Waals surface area contributed by atoms with Crippen LogP contribution in [0.4, 0.5) is 0 Å². The number of carbonyl (C=O) groups excluding carboxylic acids is 2. The maximum atomic E-state index is 12.2. The molecule has 0 unspecified atom stereocenters. The van der Waals surface area contributed by atoms with E-state index in [0.717, 1.165) is 36.1 Å². The van der Waals surface area contributed by atoms with Crippen LogP contribution in [0.3, 0.4) is 0 Å². The predicted octanol–water partition coefficient (Wildman–Crippen LogP) is 2.50. The molecule has 96 valence electrons. The number of hydrogen-bond donors (Lipinski definition) is 0. The zero-order chi connectivity index (χ0) is 13.1. The smallest absolute Gasteiger partial charge is 0.222 e. The van der Waals surface area contributed by atoms with Gasteiger partial charge in [0.05, 0.1) is 6.54 Å². The molecular weight excluding hydrogens is 226 g/mol. The fourth-order valence-electron chi connectivity index (χ4n) is 2.41. The average Bonchev–Trinajstić information content (AvgIpc) is 2.32. The first-order chi connectivity index (χ1) is 8.58. The van der Waals surface area contributed by atoms with E-state index in [2.05, 4.69) is 0 Å². The number of hydrogen-bond acceptors (Lipinski definition) is 2. The van der Waals surface area contributed by atoms with Gasteiger partial charge in [-0.05, 0) is 32.3 Å². The van der Waals surface area contributed by atoms with E-state index < -0.39 is 0 Å². The second-order valence-corrected chi connectivity index (χ2v) is 5.01. The van der Waals surface area contributed by atoms with Gasteiger partial charge in [-0.25, -0.2) is 0 Å². The van der Waals surface area contributed by atoms with Crippen molar-refractivity contribution in [2.24, 2.45) is 0 Å². The second kappa shape index (κ2) is 5.34. The Morgan fingerprint density at radius 1 is 1.28 bits per heavy atom. The van der Waals surface area contributed by atoms with E-state index in [0.29, 0.717) is 6.42 Å². The van der Waals surface area contributed by atoms with Crippen LogP contribution in [0.25, 0.3) is 0 Å². The summed E-state index contributed by atoms with van der Waals surface area (Å²) >= 11 is 0. The number of likely N-dealkylation sites (tertiary alicyclic amines) is 1. The molecular formula is C15H19NO2. The number of Topliss-reactive ketones (excluding diaryl/α,β-unsaturated/α-hetero) is 1. The molecule has 0 aliphatic carbocycles. The SMILES string of the molecule is Cc1ccc(C(=O)CN2CCCCC2=O)c(C)c1. The molecule has 1 aliphatic heterocycles. The summed E-state index contributed by atoms with van der Waals surface area (Å²) in [5.41, 5.74) is 2.88. The zero-order valence-corrected chi connectivity index (χ0v) is 11.0. The van der Waals surface area contributed by atoms with Gasteiger partial charge in [-0.15, -0.1) is 0 Å². The molecule has 2 rings (SSSR count). The van der Waals surface area contributed by atoms with E-state index in [1.165, 1.54) is 0 Å². The lowest BCUT2D eigenvalue weighted by Gasteiger charge is -2.26. The van der Waals surface area contributed by atoms with Crippen molar-refractivity contribution in [2.45, 2.75) is 33.1 Å². The fourth-order valence-corrected chi connectivity index (χ4v) is 2.41. The Bertz CT molecular complexity index is 479. The Hall–Kier alpha value is -1.64. The van der Waals surface area contributed by atoms with E-state index in [-0.39, 0.29) is 18.2 Å². The Labute approximate surface area is 108 Å². The molecule has 0 bridgehead atoms. The van der Waals surface area contributed by atoms with Crippen LogP contribution in [0.1, 0.15) is 40.7 Å². The third-order valence-corrected chi connectivity index (χ3v) is 3.44. The molecule has 0 saturated carbocycles. The number of carbonyl (C=O) groups is 2. The van der Waals surface area contributed by atoms with Gasteiger partial charge in [-0.2, -0.15) is 0 Å². The summed E-state index contributed by atoms with van der Waals surface area (Å²) in [5.74, 6) is 0.155. The maximum Gasteiger partial charge on any atom is 0.222 e. The molecule has 1 saturated heterocycles. The van der Waals surface area contributed by atoms with Crippen molar-refractivity contribution in [3.8, 4) is 0 Å². The van der Waals surface area contributed by atoms with Gasteiger partial charge in [0.1, 0.15) is 0 Å². The quantitative estimate of drug-likeness (QED) is 0.767. The van der Waals surface area contributed by atoms with Crippen molar-refractivity contribution in [3.05, 3.63) is 34.9 Å². The van der Waals surface area contributed by atoms with E-state index in [4.69, 9.17) is 0 Å². The van der Waals surface area contributed by atoms with Crippen LogP contribution in [0.15, 0.2) is 18.2 Å². The van der Waals surface area contributed by atoms with Crippen LogP contribution in [-0.2, 0) is 4.79 Å². The first-order valence-corrected chi connectivity index (χ1v) is 6.46. The number of aryl methyl sites for hydroxylation is 2. The molecule has 18 heavy (non-hydrogen) atoms. The minimum Gasteiger partial charge on any atom is -0.335 e. The highest BCUT2D eigenvalue weighted by atomic mass is 16.2. The molecule has 1 amide bonds. The number of nitrogens with zero attached hydrogens (tertiary/aromatic N) is 1.